The van der Waals surface area contributed by atoms with Gasteiger partial charge in [0.1, 0.15) is 0 Å². The summed E-state index contributed by atoms with van der Waals surface area (Å²) < 4.78 is 0. The molecule has 5 heteroatoms. The van der Waals surface area contributed by atoms with Crippen molar-refractivity contribution < 1.29 is 4.79 Å². The molecule has 0 aliphatic carbocycles. The number of hydrogen-bond donors (Lipinski definition) is 3. The fourth-order valence-corrected chi connectivity index (χ4v) is 2.43. The number of benzene rings is 1. The third-order valence-corrected chi connectivity index (χ3v) is 3.60. The van der Waals surface area contributed by atoms with E-state index < -0.39 is 5.54 Å². The second kappa shape index (κ2) is 4.10. The summed E-state index contributed by atoms with van der Waals surface area (Å²) in [5, 5.41) is 14.1. The first-order valence-electron chi connectivity index (χ1n) is 6.18. The third-order valence-electron chi connectivity index (χ3n) is 3.60. The molecule has 18 heavy (non-hydrogen) atoms. The molecular formula is C13H16N4O. The lowest BCUT2D eigenvalue weighted by Crippen LogP contribution is -2.47. The number of H-pyrrole nitrogens is 1. The van der Waals surface area contributed by atoms with Crippen molar-refractivity contribution in [3.63, 3.8) is 0 Å². The van der Waals surface area contributed by atoms with Crippen LogP contribution in [0.3, 0.4) is 0 Å². The summed E-state index contributed by atoms with van der Waals surface area (Å²) in [6, 6.07) is 5.74. The van der Waals surface area contributed by atoms with Gasteiger partial charge in [0.05, 0.1) is 22.9 Å². The lowest BCUT2D eigenvalue weighted by atomic mass is 9.99. The summed E-state index contributed by atoms with van der Waals surface area (Å²) in [5.74, 6) is 0.0219. The average molecular weight is 244 g/mol. The van der Waals surface area contributed by atoms with Crippen molar-refractivity contribution in [3.8, 4) is 0 Å². The van der Waals surface area contributed by atoms with Crippen LogP contribution in [0, 0.1) is 0 Å². The van der Waals surface area contributed by atoms with E-state index >= 15 is 0 Å². The van der Waals surface area contributed by atoms with Gasteiger partial charge in [-0.15, -0.1) is 0 Å². The number of carbonyl (C=O) groups is 1. The van der Waals surface area contributed by atoms with Gasteiger partial charge >= 0.3 is 0 Å². The number of amides is 1. The molecule has 3 N–H and O–H groups in total. The first-order chi connectivity index (χ1) is 8.69. The minimum absolute atomic E-state index is 0.0219. The number of nitrogens with one attached hydrogen (secondary N) is 3. The summed E-state index contributed by atoms with van der Waals surface area (Å²) in [7, 11) is 0. The van der Waals surface area contributed by atoms with Crippen molar-refractivity contribution in [1.82, 2.24) is 15.5 Å². The van der Waals surface area contributed by atoms with Crippen LogP contribution in [0.4, 0.5) is 5.69 Å². The molecule has 1 aliphatic heterocycles. The smallest absolute Gasteiger partial charge is 0.244 e. The van der Waals surface area contributed by atoms with Gasteiger partial charge < -0.3 is 10.6 Å². The van der Waals surface area contributed by atoms with Crippen LogP contribution in [0.1, 0.15) is 19.8 Å². The van der Waals surface area contributed by atoms with E-state index in [4.69, 9.17) is 0 Å². The fraction of sp³-hybridized carbons (Fsp3) is 0.385. The van der Waals surface area contributed by atoms with Crippen molar-refractivity contribution in [2.24, 2.45) is 0 Å². The Bertz CT molecular complexity index is 583. The van der Waals surface area contributed by atoms with Gasteiger partial charge in [-0.2, -0.15) is 5.10 Å². The zero-order valence-corrected chi connectivity index (χ0v) is 10.3. The zero-order chi connectivity index (χ0) is 12.6. The summed E-state index contributed by atoms with van der Waals surface area (Å²) in [5.41, 5.74) is 1.28. The molecule has 0 radical (unpaired) electrons. The highest BCUT2D eigenvalue weighted by Crippen LogP contribution is 2.24. The summed E-state index contributed by atoms with van der Waals surface area (Å²) >= 11 is 0. The number of carbonyl (C=O) groups excluding carboxylic acids is 1. The second-order valence-electron chi connectivity index (χ2n) is 4.95. The normalized spacial score (nSPS) is 23.4. The topological polar surface area (TPSA) is 69.8 Å². The molecule has 0 bridgehead atoms. The predicted molar refractivity (Wildman–Crippen MR) is 70.4 cm³/mol. The van der Waals surface area contributed by atoms with E-state index in [0.717, 1.165) is 36.0 Å². The second-order valence-corrected chi connectivity index (χ2v) is 4.95. The Balaban J connectivity index is 1.88. The molecule has 1 unspecified atom stereocenters. The van der Waals surface area contributed by atoms with Crippen molar-refractivity contribution in [2.75, 3.05) is 11.9 Å². The predicted octanol–water partition coefficient (Wildman–Crippen LogP) is 1.64. The minimum atomic E-state index is -0.452. The Labute approximate surface area is 105 Å². The third kappa shape index (κ3) is 1.76. The van der Waals surface area contributed by atoms with E-state index in [2.05, 4.69) is 20.8 Å². The van der Waals surface area contributed by atoms with Crippen LogP contribution in [0.5, 0.6) is 0 Å². The van der Waals surface area contributed by atoms with Gasteiger partial charge in [-0.25, -0.2) is 0 Å². The van der Waals surface area contributed by atoms with E-state index in [1.807, 2.05) is 25.1 Å². The Morgan fingerprint density at radius 2 is 2.39 bits per heavy atom. The fourth-order valence-electron chi connectivity index (χ4n) is 2.43. The van der Waals surface area contributed by atoms with Crippen LogP contribution in [0.25, 0.3) is 10.9 Å². The maximum atomic E-state index is 12.3. The van der Waals surface area contributed by atoms with Crippen molar-refractivity contribution in [2.45, 2.75) is 25.3 Å². The first-order valence-corrected chi connectivity index (χ1v) is 6.18. The molecule has 3 rings (SSSR count). The average Bonchev–Trinajstić information content (AvgIpc) is 2.98. The summed E-state index contributed by atoms with van der Waals surface area (Å²) in [4.78, 5) is 12.3. The highest BCUT2D eigenvalue weighted by molar-refractivity contribution is 6.04. The van der Waals surface area contributed by atoms with Crippen molar-refractivity contribution in [1.29, 1.82) is 0 Å². The number of hydrogen-bond acceptors (Lipinski definition) is 3. The Morgan fingerprint density at radius 3 is 3.17 bits per heavy atom. The van der Waals surface area contributed by atoms with E-state index in [9.17, 15) is 4.79 Å². The number of aromatic nitrogens is 2. The summed E-state index contributed by atoms with van der Waals surface area (Å²) in [6.45, 7) is 2.85. The molecule has 0 saturated carbocycles. The molecule has 1 atom stereocenters. The number of fused-ring (bicyclic) bond motifs is 1. The molecule has 2 heterocycles. The van der Waals surface area contributed by atoms with Crippen LogP contribution < -0.4 is 10.6 Å². The zero-order valence-electron chi connectivity index (χ0n) is 10.3. The van der Waals surface area contributed by atoms with Crippen LogP contribution in [-0.2, 0) is 4.79 Å². The monoisotopic (exact) mass is 244 g/mol. The van der Waals surface area contributed by atoms with E-state index in [0.29, 0.717) is 0 Å². The minimum Gasteiger partial charge on any atom is -0.324 e. The van der Waals surface area contributed by atoms with Crippen molar-refractivity contribution >= 4 is 22.5 Å². The molecule has 1 aliphatic rings. The Hall–Kier alpha value is -1.88. The lowest BCUT2D eigenvalue weighted by molar-refractivity contribution is -0.121. The van der Waals surface area contributed by atoms with Gasteiger partial charge in [0.2, 0.25) is 5.91 Å². The quantitative estimate of drug-likeness (QED) is 0.752. The Kier molecular flexibility index (Phi) is 2.56. The van der Waals surface area contributed by atoms with Crippen LogP contribution >= 0.6 is 0 Å². The molecule has 94 valence electrons. The largest absolute Gasteiger partial charge is 0.324 e. The van der Waals surface area contributed by atoms with Gasteiger partial charge in [0.15, 0.2) is 0 Å². The van der Waals surface area contributed by atoms with Crippen LogP contribution in [0.2, 0.25) is 0 Å². The van der Waals surface area contributed by atoms with Crippen molar-refractivity contribution in [3.05, 3.63) is 24.4 Å². The highest BCUT2D eigenvalue weighted by Gasteiger charge is 2.35. The molecule has 1 saturated heterocycles. The molecule has 5 nitrogen and oxygen atoms in total. The van der Waals surface area contributed by atoms with E-state index in [1.165, 1.54) is 0 Å². The molecule has 1 aromatic heterocycles. The molecule has 1 aromatic carbocycles. The SMILES string of the molecule is CC1(C(=O)Nc2cccc3[nH]ncc23)CCCN1. The van der Waals surface area contributed by atoms with Gasteiger partial charge in [-0.1, -0.05) is 6.07 Å². The first kappa shape index (κ1) is 11.2. The molecule has 0 spiro atoms. The molecule has 2 aromatic rings. The van der Waals surface area contributed by atoms with Crippen LogP contribution in [0.15, 0.2) is 24.4 Å². The van der Waals surface area contributed by atoms with Crippen LogP contribution in [-0.4, -0.2) is 28.2 Å². The number of aromatic amines is 1. The van der Waals surface area contributed by atoms with Gasteiger partial charge in [-0.3, -0.25) is 9.89 Å². The molecule has 1 fully saturated rings. The molecule has 1 amide bonds. The molecular weight excluding hydrogens is 228 g/mol. The number of anilines is 1. The maximum Gasteiger partial charge on any atom is 0.244 e. The van der Waals surface area contributed by atoms with E-state index in [1.54, 1.807) is 6.20 Å². The number of nitrogens with zero attached hydrogens (tertiary/aromatic N) is 1. The maximum absolute atomic E-state index is 12.3. The Morgan fingerprint density at radius 1 is 1.50 bits per heavy atom. The van der Waals surface area contributed by atoms with E-state index in [-0.39, 0.29) is 5.91 Å². The summed E-state index contributed by atoms with van der Waals surface area (Å²) in [6.07, 6.45) is 3.65. The number of rotatable bonds is 2. The standard InChI is InChI=1S/C13H16N4O/c1-13(6-3-7-14-13)12(18)16-10-4-2-5-11-9(10)8-15-17-11/h2,4-5,8,14H,3,6-7H2,1H3,(H,15,17)(H,16,18). The lowest BCUT2D eigenvalue weighted by Gasteiger charge is -2.23. The highest BCUT2D eigenvalue weighted by atomic mass is 16.2. The van der Waals surface area contributed by atoms with Gasteiger partial charge in [-0.05, 0) is 38.4 Å². The van der Waals surface area contributed by atoms with Gasteiger partial charge in [0, 0.05) is 5.39 Å². The van der Waals surface area contributed by atoms with Gasteiger partial charge in [0.25, 0.3) is 0 Å².